The van der Waals surface area contributed by atoms with Crippen LogP contribution in [0.3, 0.4) is 0 Å². The molecule has 8 heteroatoms. The molecule has 0 saturated heterocycles. The lowest BCUT2D eigenvalue weighted by Gasteiger charge is -2.27. The fraction of sp³-hybridized carbons (Fsp3) is 0.318. The van der Waals surface area contributed by atoms with E-state index in [9.17, 15) is 9.59 Å². The Morgan fingerprint density at radius 1 is 1.17 bits per heavy atom. The Labute approximate surface area is 175 Å². The molecule has 0 unspecified atom stereocenters. The number of fused-ring (bicyclic) bond motifs is 1. The first-order chi connectivity index (χ1) is 14.5. The molecule has 3 aromatic heterocycles. The zero-order valence-electron chi connectivity index (χ0n) is 17.1. The number of hydrogen-bond donors (Lipinski definition) is 1. The van der Waals surface area contributed by atoms with Crippen molar-refractivity contribution in [3.8, 4) is 0 Å². The normalized spacial score (nSPS) is 13.1. The van der Waals surface area contributed by atoms with Crippen LogP contribution in [0.1, 0.15) is 43.5 Å². The fourth-order valence-electron chi connectivity index (χ4n) is 3.70. The summed E-state index contributed by atoms with van der Waals surface area (Å²) in [5.41, 5.74) is 5.00. The predicted octanol–water partition coefficient (Wildman–Crippen LogP) is 1.69. The second-order valence-electron chi connectivity index (χ2n) is 7.38. The third-order valence-corrected chi connectivity index (χ3v) is 5.32. The minimum Gasteiger partial charge on any atom is -0.350 e. The van der Waals surface area contributed by atoms with Crippen molar-refractivity contribution in [1.82, 2.24) is 30.0 Å². The zero-order valence-corrected chi connectivity index (χ0v) is 17.1. The Bertz CT molecular complexity index is 1060. The second-order valence-corrected chi connectivity index (χ2v) is 7.38. The lowest BCUT2D eigenvalue weighted by molar-refractivity contribution is 0.0732. The van der Waals surface area contributed by atoms with Crippen LogP contribution in [0.5, 0.6) is 0 Å². The molecule has 0 bridgehead atoms. The summed E-state index contributed by atoms with van der Waals surface area (Å²) in [6, 6.07) is 8.91. The van der Waals surface area contributed by atoms with Crippen LogP contribution >= 0.6 is 0 Å². The molecule has 0 fully saturated rings. The van der Waals surface area contributed by atoms with Crippen molar-refractivity contribution in [1.29, 1.82) is 0 Å². The van der Waals surface area contributed by atoms with Crippen LogP contribution < -0.4 is 5.32 Å². The van der Waals surface area contributed by atoms with Crippen LogP contribution in [0.15, 0.2) is 42.7 Å². The molecule has 0 aliphatic carbocycles. The van der Waals surface area contributed by atoms with Crippen molar-refractivity contribution in [2.45, 2.75) is 26.3 Å². The molecule has 4 rings (SSSR count). The minimum absolute atomic E-state index is 0.0218. The van der Waals surface area contributed by atoms with Crippen LogP contribution in [-0.2, 0) is 26.4 Å². The molecular formula is C22H24N6O2. The van der Waals surface area contributed by atoms with Crippen LogP contribution in [0, 0.1) is 6.92 Å². The van der Waals surface area contributed by atoms with Crippen LogP contribution in [0.25, 0.3) is 0 Å². The molecule has 154 valence electrons. The summed E-state index contributed by atoms with van der Waals surface area (Å²) in [6.45, 7) is 3.51. The fourth-order valence-corrected chi connectivity index (χ4v) is 3.70. The van der Waals surface area contributed by atoms with Gasteiger partial charge in [0.15, 0.2) is 0 Å². The van der Waals surface area contributed by atoms with Gasteiger partial charge in [0.25, 0.3) is 11.8 Å². The second kappa shape index (κ2) is 8.44. The van der Waals surface area contributed by atoms with Gasteiger partial charge in [-0.25, -0.2) is 0 Å². The van der Waals surface area contributed by atoms with Crippen molar-refractivity contribution < 1.29 is 9.59 Å². The summed E-state index contributed by atoms with van der Waals surface area (Å²) in [7, 11) is 1.93. The molecule has 2 amide bonds. The van der Waals surface area contributed by atoms with Gasteiger partial charge in [0.2, 0.25) is 0 Å². The van der Waals surface area contributed by atoms with Gasteiger partial charge in [-0.2, -0.15) is 5.10 Å². The van der Waals surface area contributed by atoms with Crippen LogP contribution in [-0.4, -0.2) is 49.6 Å². The number of pyridine rings is 2. The van der Waals surface area contributed by atoms with E-state index in [-0.39, 0.29) is 11.8 Å². The SMILES string of the molecule is Cc1ccc(C(=O)N2CCc3c(c(CCNC(=O)c4ccccn4)nn3C)C2)cn1. The number of carbonyl (C=O) groups is 2. The molecule has 0 atom stereocenters. The van der Waals surface area contributed by atoms with E-state index in [1.54, 1.807) is 30.6 Å². The van der Waals surface area contributed by atoms with Gasteiger partial charge in [-0.15, -0.1) is 0 Å². The molecule has 1 aliphatic rings. The number of nitrogens with one attached hydrogen (secondary N) is 1. The highest BCUT2D eigenvalue weighted by molar-refractivity contribution is 5.94. The van der Waals surface area contributed by atoms with Crippen molar-refractivity contribution >= 4 is 11.8 Å². The summed E-state index contributed by atoms with van der Waals surface area (Å²) in [5, 5.41) is 7.53. The van der Waals surface area contributed by atoms with Gasteiger partial charge < -0.3 is 10.2 Å². The van der Waals surface area contributed by atoms with Gasteiger partial charge in [-0.05, 0) is 31.2 Å². The van der Waals surface area contributed by atoms with E-state index in [2.05, 4.69) is 20.4 Å². The first-order valence-corrected chi connectivity index (χ1v) is 9.97. The van der Waals surface area contributed by atoms with Crippen molar-refractivity contribution in [3.63, 3.8) is 0 Å². The molecule has 1 aliphatic heterocycles. The smallest absolute Gasteiger partial charge is 0.269 e. The van der Waals surface area contributed by atoms with Gasteiger partial charge in [0.05, 0.1) is 11.3 Å². The zero-order chi connectivity index (χ0) is 21.1. The molecular weight excluding hydrogens is 380 g/mol. The number of hydrogen-bond acceptors (Lipinski definition) is 5. The number of aryl methyl sites for hydroxylation is 2. The third kappa shape index (κ3) is 4.07. The van der Waals surface area contributed by atoms with Gasteiger partial charge in [0.1, 0.15) is 5.69 Å². The van der Waals surface area contributed by atoms with Gasteiger partial charge >= 0.3 is 0 Å². The average Bonchev–Trinajstić information content (AvgIpc) is 3.09. The first kappa shape index (κ1) is 19.8. The maximum Gasteiger partial charge on any atom is 0.269 e. The molecule has 0 spiro atoms. The van der Waals surface area contributed by atoms with Crippen LogP contribution in [0.2, 0.25) is 0 Å². The van der Waals surface area contributed by atoms with E-state index in [1.807, 2.05) is 35.7 Å². The van der Waals surface area contributed by atoms with Gasteiger partial charge in [-0.3, -0.25) is 24.2 Å². The lowest BCUT2D eigenvalue weighted by Crippen LogP contribution is -2.36. The quantitative estimate of drug-likeness (QED) is 0.699. The van der Waals surface area contributed by atoms with E-state index in [4.69, 9.17) is 0 Å². The van der Waals surface area contributed by atoms with E-state index in [1.165, 1.54) is 0 Å². The number of amides is 2. The highest BCUT2D eigenvalue weighted by Crippen LogP contribution is 2.23. The standard InChI is InChI=1S/C22H24N6O2/c1-15-6-7-16(13-25-15)22(30)28-12-9-20-17(14-28)18(26-27(20)2)8-11-24-21(29)19-5-3-4-10-23-19/h3-7,10,13H,8-9,11-12,14H2,1-2H3,(H,24,29). The molecule has 8 nitrogen and oxygen atoms in total. The monoisotopic (exact) mass is 404 g/mol. The van der Waals surface area contributed by atoms with E-state index in [0.29, 0.717) is 37.3 Å². The number of aromatic nitrogens is 4. The average molecular weight is 404 g/mol. The van der Waals surface area contributed by atoms with Crippen molar-refractivity contribution in [2.24, 2.45) is 7.05 Å². The summed E-state index contributed by atoms with van der Waals surface area (Å²) in [6.07, 6.45) is 4.57. The Hall–Kier alpha value is -3.55. The predicted molar refractivity (Wildman–Crippen MR) is 111 cm³/mol. The number of carbonyl (C=O) groups excluding carboxylic acids is 2. The lowest BCUT2D eigenvalue weighted by atomic mass is 10.0. The molecule has 4 heterocycles. The summed E-state index contributed by atoms with van der Waals surface area (Å²) in [5.74, 6) is -0.226. The molecule has 1 N–H and O–H groups in total. The molecule has 0 aromatic carbocycles. The van der Waals surface area contributed by atoms with Gasteiger partial charge in [0, 0.05) is 68.9 Å². The highest BCUT2D eigenvalue weighted by atomic mass is 16.2. The molecule has 0 saturated carbocycles. The largest absolute Gasteiger partial charge is 0.350 e. The maximum atomic E-state index is 12.9. The minimum atomic E-state index is -0.205. The highest BCUT2D eigenvalue weighted by Gasteiger charge is 2.27. The summed E-state index contributed by atoms with van der Waals surface area (Å²) in [4.78, 5) is 35.2. The van der Waals surface area contributed by atoms with Crippen molar-refractivity contribution in [3.05, 3.63) is 76.6 Å². The maximum absolute atomic E-state index is 12.9. The Kier molecular flexibility index (Phi) is 5.56. The summed E-state index contributed by atoms with van der Waals surface area (Å²) < 4.78 is 1.89. The Morgan fingerprint density at radius 2 is 2.03 bits per heavy atom. The number of nitrogens with zero attached hydrogens (tertiary/aromatic N) is 5. The topological polar surface area (TPSA) is 93.0 Å². The molecule has 3 aromatic rings. The van der Waals surface area contributed by atoms with E-state index in [0.717, 1.165) is 29.1 Å². The molecule has 30 heavy (non-hydrogen) atoms. The first-order valence-electron chi connectivity index (χ1n) is 9.97. The van der Waals surface area contributed by atoms with Crippen LogP contribution in [0.4, 0.5) is 0 Å². The van der Waals surface area contributed by atoms with Crippen molar-refractivity contribution in [2.75, 3.05) is 13.1 Å². The Balaban J connectivity index is 1.43. The van der Waals surface area contributed by atoms with E-state index < -0.39 is 0 Å². The van der Waals surface area contributed by atoms with E-state index >= 15 is 0 Å². The Morgan fingerprint density at radius 3 is 2.77 bits per heavy atom. The van der Waals surface area contributed by atoms with Gasteiger partial charge in [-0.1, -0.05) is 6.07 Å². The number of rotatable bonds is 5. The molecule has 0 radical (unpaired) electrons. The summed E-state index contributed by atoms with van der Waals surface area (Å²) >= 11 is 0. The third-order valence-electron chi connectivity index (χ3n) is 5.32.